The predicted octanol–water partition coefficient (Wildman–Crippen LogP) is 1.60. The lowest BCUT2D eigenvalue weighted by molar-refractivity contribution is -0.122. The summed E-state index contributed by atoms with van der Waals surface area (Å²) >= 11 is 0. The first-order chi connectivity index (χ1) is 14.0. The number of ether oxygens (including phenoxy) is 2. The van der Waals surface area contributed by atoms with Crippen molar-refractivity contribution in [3.63, 3.8) is 0 Å². The van der Waals surface area contributed by atoms with Gasteiger partial charge in [-0.2, -0.15) is 10.1 Å². The summed E-state index contributed by atoms with van der Waals surface area (Å²) in [7, 11) is 0. The number of nitrogens with one attached hydrogen (secondary N) is 1. The fraction of sp³-hybridized carbons (Fsp3) is 0.316. The molecule has 29 heavy (non-hydrogen) atoms. The molecule has 1 N–H and O–H groups in total. The molecule has 3 heterocycles. The summed E-state index contributed by atoms with van der Waals surface area (Å²) in [5, 5.41) is 10.9. The molecule has 0 unspecified atom stereocenters. The second-order valence-electron chi connectivity index (χ2n) is 6.58. The first-order valence-corrected chi connectivity index (χ1v) is 9.15. The van der Waals surface area contributed by atoms with E-state index >= 15 is 0 Å². The smallest absolute Gasteiger partial charge is 0.278 e. The Hall–Kier alpha value is -3.69. The van der Waals surface area contributed by atoms with Gasteiger partial charge in [0.05, 0.1) is 0 Å². The van der Waals surface area contributed by atoms with Gasteiger partial charge in [-0.25, -0.2) is 4.68 Å². The van der Waals surface area contributed by atoms with Gasteiger partial charge in [0.25, 0.3) is 11.4 Å². The van der Waals surface area contributed by atoms with E-state index in [0.717, 1.165) is 11.1 Å². The average Bonchev–Trinajstić information content (AvgIpc) is 3.38. The van der Waals surface area contributed by atoms with Gasteiger partial charge in [-0.1, -0.05) is 12.1 Å². The molecule has 0 fully saturated rings. The minimum absolute atomic E-state index is 0.0154. The molecule has 3 aromatic rings. The van der Waals surface area contributed by atoms with Gasteiger partial charge < -0.3 is 19.3 Å². The summed E-state index contributed by atoms with van der Waals surface area (Å²) in [4.78, 5) is 28.5. The molecule has 1 aromatic carbocycles. The van der Waals surface area contributed by atoms with Crippen LogP contribution >= 0.6 is 0 Å². The highest BCUT2D eigenvalue weighted by molar-refractivity contribution is 5.75. The zero-order valence-electron chi connectivity index (χ0n) is 15.9. The fourth-order valence-electron chi connectivity index (χ4n) is 2.72. The molecule has 10 nitrogen and oxygen atoms in total. The summed E-state index contributed by atoms with van der Waals surface area (Å²) in [6.45, 7) is 3.83. The SMILES string of the molecule is CC[C@H](C)NC(=O)Cn1nc(-c2nc(-c3ccc4c(c3)OCO4)no2)ccc1=O. The Labute approximate surface area is 165 Å². The molecule has 0 saturated carbocycles. The number of fused-ring (bicyclic) bond motifs is 1. The summed E-state index contributed by atoms with van der Waals surface area (Å²) in [6.07, 6.45) is 0.790. The average molecular weight is 397 g/mol. The number of carbonyl (C=O) groups is 1. The number of benzene rings is 1. The van der Waals surface area contributed by atoms with Gasteiger partial charge in [-0.3, -0.25) is 9.59 Å². The number of nitrogens with zero attached hydrogens (tertiary/aromatic N) is 4. The lowest BCUT2D eigenvalue weighted by Gasteiger charge is -2.11. The third kappa shape index (κ3) is 3.96. The van der Waals surface area contributed by atoms with Crippen molar-refractivity contribution in [2.45, 2.75) is 32.9 Å². The summed E-state index contributed by atoms with van der Waals surface area (Å²) in [5.74, 6) is 1.44. The van der Waals surface area contributed by atoms with Crippen LogP contribution in [0.5, 0.6) is 11.5 Å². The summed E-state index contributed by atoms with van der Waals surface area (Å²) in [5.41, 5.74) is 0.578. The highest BCUT2D eigenvalue weighted by Crippen LogP contribution is 2.35. The van der Waals surface area contributed by atoms with Gasteiger partial charge >= 0.3 is 0 Å². The van der Waals surface area contributed by atoms with Crippen molar-refractivity contribution >= 4 is 5.91 Å². The highest BCUT2D eigenvalue weighted by Gasteiger charge is 2.18. The Bertz CT molecular complexity index is 1110. The first-order valence-electron chi connectivity index (χ1n) is 9.15. The maximum atomic E-state index is 12.1. The van der Waals surface area contributed by atoms with Crippen molar-refractivity contribution < 1.29 is 18.8 Å². The Morgan fingerprint density at radius 2 is 2.07 bits per heavy atom. The highest BCUT2D eigenvalue weighted by atomic mass is 16.7. The molecular formula is C19H19N5O5. The molecule has 150 valence electrons. The van der Waals surface area contributed by atoms with Crippen molar-refractivity contribution in [3.05, 3.63) is 40.7 Å². The van der Waals surface area contributed by atoms with Crippen LogP contribution in [0.4, 0.5) is 0 Å². The number of amides is 1. The standard InChI is InChI=1S/C19H19N5O5/c1-3-11(2)20-16(25)9-24-17(26)7-5-13(22-24)19-21-18(23-29-19)12-4-6-14-15(8-12)28-10-27-14/h4-8,11H,3,9-10H2,1-2H3,(H,20,25)/t11-/m0/s1. The Kier molecular flexibility index (Phi) is 4.98. The topological polar surface area (TPSA) is 121 Å². The van der Waals surface area contributed by atoms with Crippen molar-refractivity contribution in [3.8, 4) is 34.5 Å². The van der Waals surface area contributed by atoms with Crippen LogP contribution in [0.3, 0.4) is 0 Å². The van der Waals surface area contributed by atoms with Crippen LogP contribution in [0.15, 0.2) is 39.6 Å². The molecule has 2 aromatic heterocycles. The van der Waals surface area contributed by atoms with Crippen LogP contribution in [0.2, 0.25) is 0 Å². The molecule has 0 spiro atoms. The maximum absolute atomic E-state index is 12.1. The molecular weight excluding hydrogens is 378 g/mol. The Balaban J connectivity index is 1.56. The molecule has 0 aliphatic carbocycles. The van der Waals surface area contributed by atoms with E-state index in [4.69, 9.17) is 14.0 Å². The lowest BCUT2D eigenvalue weighted by atomic mass is 10.2. The number of aromatic nitrogens is 4. The summed E-state index contributed by atoms with van der Waals surface area (Å²) < 4.78 is 17.0. The number of hydrogen-bond donors (Lipinski definition) is 1. The van der Waals surface area contributed by atoms with E-state index in [0.29, 0.717) is 28.6 Å². The van der Waals surface area contributed by atoms with Gasteiger partial charge in [0.1, 0.15) is 12.2 Å². The van der Waals surface area contributed by atoms with Crippen molar-refractivity contribution in [1.82, 2.24) is 25.2 Å². The lowest BCUT2D eigenvalue weighted by Crippen LogP contribution is -2.37. The normalized spacial score (nSPS) is 13.3. The molecule has 0 bridgehead atoms. The molecule has 4 rings (SSSR count). The zero-order valence-corrected chi connectivity index (χ0v) is 15.9. The van der Waals surface area contributed by atoms with Gasteiger partial charge in [0.15, 0.2) is 11.5 Å². The molecule has 0 saturated heterocycles. The number of hydrogen-bond acceptors (Lipinski definition) is 8. The van der Waals surface area contributed by atoms with Gasteiger partial charge in [0.2, 0.25) is 18.5 Å². The second kappa shape index (κ2) is 7.74. The van der Waals surface area contributed by atoms with E-state index in [9.17, 15) is 9.59 Å². The molecule has 1 amide bonds. The Morgan fingerprint density at radius 1 is 1.24 bits per heavy atom. The monoisotopic (exact) mass is 397 g/mol. The van der Waals surface area contributed by atoms with E-state index in [1.807, 2.05) is 13.8 Å². The van der Waals surface area contributed by atoms with E-state index in [-0.39, 0.29) is 31.2 Å². The first kappa shape index (κ1) is 18.7. The molecule has 1 aliphatic rings. The second-order valence-corrected chi connectivity index (χ2v) is 6.58. The van der Waals surface area contributed by atoms with Crippen LogP contribution in [0, 0.1) is 0 Å². The Morgan fingerprint density at radius 3 is 2.90 bits per heavy atom. The van der Waals surface area contributed by atoms with E-state index in [1.165, 1.54) is 12.1 Å². The van der Waals surface area contributed by atoms with Gasteiger partial charge in [-0.15, -0.1) is 0 Å². The van der Waals surface area contributed by atoms with Crippen molar-refractivity contribution in [2.24, 2.45) is 0 Å². The van der Waals surface area contributed by atoms with Gasteiger partial charge in [-0.05, 0) is 37.6 Å². The van der Waals surface area contributed by atoms with E-state index in [1.54, 1.807) is 18.2 Å². The van der Waals surface area contributed by atoms with E-state index in [2.05, 4.69) is 20.6 Å². The largest absolute Gasteiger partial charge is 0.454 e. The van der Waals surface area contributed by atoms with Crippen molar-refractivity contribution in [1.29, 1.82) is 0 Å². The third-order valence-electron chi connectivity index (χ3n) is 4.46. The molecule has 1 aliphatic heterocycles. The minimum Gasteiger partial charge on any atom is -0.454 e. The minimum atomic E-state index is -0.399. The maximum Gasteiger partial charge on any atom is 0.278 e. The van der Waals surface area contributed by atoms with Crippen LogP contribution in [0.1, 0.15) is 20.3 Å². The van der Waals surface area contributed by atoms with Crippen LogP contribution < -0.4 is 20.3 Å². The fourth-order valence-corrected chi connectivity index (χ4v) is 2.72. The summed E-state index contributed by atoms with van der Waals surface area (Å²) in [6, 6.07) is 8.11. The van der Waals surface area contributed by atoms with E-state index < -0.39 is 5.56 Å². The number of rotatable bonds is 6. The van der Waals surface area contributed by atoms with Crippen LogP contribution in [-0.2, 0) is 11.3 Å². The van der Waals surface area contributed by atoms with Crippen molar-refractivity contribution in [2.75, 3.05) is 6.79 Å². The third-order valence-corrected chi connectivity index (χ3v) is 4.46. The molecule has 0 radical (unpaired) electrons. The van der Waals surface area contributed by atoms with Crippen LogP contribution in [0.25, 0.3) is 23.0 Å². The quantitative estimate of drug-likeness (QED) is 0.666. The van der Waals surface area contributed by atoms with Gasteiger partial charge in [0, 0.05) is 17.7 Å². The predicted molar refractivity (Wildman–Crippen MR) is 101 cm³/mol. The van der Waals surface area contributed by atoms with Crippen LogP contribution in [-0.4, -0.2) is 38.7 Å². The number of carbonyl (C=O) groups excluding carboxylic acids is 1. The molecule has 1 atom stereocenters. The molecule has 10 heteroatoms. The zero-order chi connectivity index (χ0) is 20.4.